The van der Waals surface area contributed by atoms with Crippen LogP contribution < -0.4 is 0 Å². The second kappa shape index (κ2) is 9.74. The van der Waals surface area contributed by atoms with Crippen LogP contribution in [0.15, 0.2) is 35.7 Å². The maximum atomic E-state index is 13.6. The maximum Gasteiger partial charge on any atom is 0.243 e. The van der Waals surface area contributed by atoms with Crippen molar-refractivity contribution in [1.29, 1.82) is 0 Å². The van der Waals surface area contributed by atoms with E-state index in [2.05, 4.69) is 11.4 Å². The maximum absolute atomic E-state index is 13.6. The van der Waals surface area contributed by atoms with Crippen LogP contribution in [0.5, 0.6) is 0 Å². The van der Waals surface area contributed by atoms with E-state index in [-0.39, 0.29) is 36.4 Å². The van der Waals surface area contributed by atoms with Crippen molar-refractivity contribution in [3.8, 4) is 0 Å². The lowest BCUT2D eigenvalue weighted by atomic mass is 9.88. The van der Waals surface area contributed by atoms with Crippen molar-refractivity contribution in [2.75, 3.05) is 13.1 Å². The molecule has 4 rings (SSSR count). The first-order valence-electron chi connectivity index (χ1n) is 11.4. The van der Waals surface area contributed by atoms with Crippen LogP contribution in [0.3, 0.4) is 0 Å². The van der Waals surface area contributed by atoms with Crippen LogP contribution in [0.2, 0.25) is 5.02 Å². The lowest BCUT2D eigenvalue weighted by molar-refractivity contribution is -0.146. The van der Waals surface area contributed by atoms with Gasteiger partial charge in [-0.2, -0.15) is 0 Å². The second-order valence-corrected chi connectivity index (χ2v) is 10.4. The van der Waals surface area contributed by atoms with Crippen LogP contribution in [0.1, 0.15) is 68.0 Å². The normalized spacial score (nSPS) is 19.4. The zero-order chi connectivity index (χ0) is 22.0. The van der Waals surface area contributed by atoms with Gasteiger partial charge >= 0.3 is 0 Å². The molecular formula is C25H31ClN2O2S. The number of benzene rings is 1. The molecule has 1 unspecified atom stereocenters. The predicted octanol–water partition coefficient (Wildman–Crippen LogP) is 5.69. The van der Waals surface area contributed by atoms with E-state index >= 15 is 0 Å². The SMILES string of the molecule is CC(C)N(CC(=O)N1CCc2sccc2C1c1ccc(Cl)cc1)C(=O)C1CCCCC1. The molecule has 2 heterocycles. The number of nitrogens with zero attached hydrogens (tertiary/aromatic N) is 2. The molecule has 1 saturated carbocycles. The molecule has 0 N–H and O–H groups in total. The molecule has 2 aromatic rings. The van der Waals surface area contributed by atoms with E-state index in [4.69, 9.17) is 11.6 Å². The van der Waals surface area contributed by atoms with Gasteiger partial charge in [0.15, 0.2) is 0 Å². The summed E-state index contributed by atoms with van der Waals surface area (Å²) in [4.78, 5) is 31.9. The molecule has 166 valence electrons. The third-order valence-electron chi connectivity index (χ3n) is 6.64. The van der Waals surface area contributed by atoms with E-state index in [1.165, 1.54) is 16.9 Å². The smallest absolute Gasteiger partial charge is 0.243 e. The molecule has 0 saturated heterocycles. The molecule has 0 bridgehead atoms. The molecule has 1 aromatic heterocycles. The fraction of sp³-hybridized carbons (Fsp3) is 0.520. The molecule has 31 heavy (non-hydrogen) atoms. The molecule has 1 atom stereocenters. The quantitative estimate of drug-likeness (QED) is 0.577. The Bertz CT molecular complexity index is 918. The van der Waals surface area contributed by atoms with Crippen LogP contribution in [0.4, 0.5) is 0 Å². The molecule has 1 aliphatic heterocycles. The summed E-state index contributed by atoms with van der Waals surface area (Å²) in [5.41, 5.74) is 2.26. The van der Waals surface area contributed by atoms with Gasteiger partial charge < -0.3 is 9.80 Å². The highest BCUT2D eigenvalue weighted by Crippen LogP contribution is 2.38. The summed E-state index contributed by atoms with van der Waals surface area (Å²) in [5.74, 6) is 0.245. The number of rotatable bonds is 5. The molecule has 0 radical (unpaired) electrons. The summed E-state index contributed by atoms with van der Waals surface area (Å²) in [6, 6.07) is 9.79. The number of carbonyl (C=O) groups excluding carboxylic acids is 2. The average Bonchev–Trinajstić information content (AvgIpc) is 3.26. The number of fused-ring (bicyclic) bond motifs is 1. The summed E-state index contributed by atoms with van der Waals surface area (Å²) in [6.45, 7) is 4.84. The number of thiophene rings is 1. The van der Waals surface area contributed by atoms with Gasteiger partial charge in [0.2, 0.25) is 11.8 Å². The van der Waals surface area contributed by atoms with Crippen molar-refractivity contribution in [1.82, 2.24) is 9.80 Å². The summed E-state index contributed by atoms with van der Waals surface area (Å²) in [6.07, 6.45) is 6.20. The molecule has 4 nitrogen and oxygen atoms in total. The Labute approximate surface area is 194 Å². The monoisotopic (exact) mass is 458 g/mol. The Kier molecular flexibility index (Phi) is 7.02. The molecule has 1 aromatic carbocycles. The molecule has 2 amide bonds. The van der Waals surface area contributed by atoms with Gasteiger partial charge in [-0.1, -0.05) is 43.0 Å². The molecule has 6 heteroatoms. The third kappa shape index (κ3) is 4.83. The van der Waals surface area contributed by atoms with E-state index in [0.29, 0.717) is 11.6 Å². The lowest BCUT2D eigenvalue weighted by Crippen LogP contribution is -2.50. The number of amides is 2. The van der Waals surface area contributed by atoms with Crippen molar-refractivity contribution >= 4 is 34.8 Å². The molecule has 1 fully saturated rings. The highest BCUT2D eigenvalue weighted by atomic mass is 35.5. The number of carbonyl (C=O) groups is 2. The van der Waals surface area contributed by atoms with Gasteiger partial charge in [0.1, 0.15) is 6.54 Å². The van der Waals surface area contributed by atoms with Gasteiger partial charge in [-0.3, -0.25) is 9.59 Å². The Morgan fingerprint density at radius 3 is 2.52 bits per heavy atom. The highest BCUT2D eigenvalue weighted by Gasteiger charge is 2.35. The first kappa shape index (κ1) is 22.3. The minimum atomic E-state index is -0.126. The number of hydrogen-bond acceptors (Lipinski definition) is 3. The van der Waals surface area contributed by atoms with E-state index < -0.39 is 0 Å². The summed E-state index contributed by atoms with van der Waals surface area (Å²) < 4.78 is 0. The first-order chi connectivity index (χ1) is 15.0. The van der Waals surface area contributed by atoms with Gasteiger partial charge in [-0.15, -0.1) is 11.3 Å². The topological polar surface area (TPSA) is 40.6 Å². The van der Waals surface area contributed by atoms with Crippen LogP contribution in [0.25, 0.3) is 0 Å². The van der Waals surface area contributed by atoms with Crippen LogP contribution in [-0.4, -0.2) is 40.7 Å². The highest BCUT2D eigenvalue weighted by molar-refractivity contribution is 7.10. The van der Waals surface area contributed by atoms with Gasteiger partial charge in [-0.25, -0.2) is 0 Å². The summed E-state index contributed by atoms with van der Waals surface area (Å²) in [7, 11) is 0. The fourth-order valence-electron chi connectivity index (χ4n) is 4.93. The van der Waals surface area contributed by atoms with E-state index in [1.54, 1.807) is 16.2 Å². The fourth-order valence-corrected chi connectivity index (χ4v) is 5.95. The van der Waals surface area contributed by atoms with Gasteiger partial charge in [0, 0.05) is 28.4 Å². The predicted molar refractivity (Wildman–Crippen MR) is 126 cm³/mol. The number of halogens is 1. The van der Waals surface area contributed by atoms with Crippen molar-refractivity contribution in [2.24, 2.45) is 5.92 Å². The van der Waals surface area contributed by atoms with Crippen LogP contribution in [-0.2, 0) is 16.0 Å². The van der Waals surface area contributed by atoms with Gasteiger partial charge in [0.25, 0.3) is 0 Å². The first-order valence-corrected chi connectivity index (χ1v) is 12.6. The second-order valence-electron chi connectivity index (χ2n) is 8.99. The van der Waals surface area contributed by atoms with Crippen LogP contribution in [0, 0.1) is 5.92 Å². The minimum Gasteiger partial charge on any atom is -0.331 e. The average molecular weight is 459 g/mol. The Morgan fingerprint density at radius 2 is 1.84 bits per heavy atom. The van der Waals surface area contributed by atoms with Gasteiger partial charge in [0.05, 0.1) is 6.04 Å². The Morgan fingerprint density at radius 1 is 1.13 bits per heavy atom. The lowest BCUT2D eigenvalue weighted by Gasteiger charge is -2.39. The van der Waals surface area contributed by atoms with Gasteiger partial charge in [-0.05, 0) is 67.8 Å². The zero-order valence-corrected chi connectivity index (χ0v) is 19.9. The van der Waals surface area contributed by atoms with Crippen molar-refractivity contribution in [3.63, 3.8) is 0 Å². The third-order valence-corrected chi connectivity index (χ3v) is 7.89. The summed E-state index contributed by atoms with van der Waals surface area (Å²) in [5, 5.41) is 2.79. The van der Waals surface area contributed by atoms with Crippen molar-refractivity contribution in [3.05, 3.63) is 56.7 Å². The number of hydrogen-bond donors (Lipinski definition) is 0. The Balaban J connectivity index is 1.58. The van der Waals surface area contributed by atoms with Crippen molar-refractivity contribution < 1.29 is 9.59 Å². The zero-order valence-electron chi connectivity index (χ0n) is 18.4. The molecule has 0 spiro atoms. The summed E-state index contributed by atoms with van der Waals surface area (Å²) >= 11 is 7.87. The molecular weight excluding hydrogens is 428 g/mol. The van der Waals surface area contributed by atoms with E-state index in [1.807, 2.05) is 43.0 Å². The molecule has 2 aliphatic rings. The van der Waals surface area contributed by atoms with Crippen LogP contribution >= 0.6 is 22.9 Å². The van der Waals surface area contributed by atoms with E-state index in [9.17, 15) is 9.59 Å². The standard InChI is InChI=1S/C25H31ClN2O2S/c1-17(2)28(25(30)19-6-4-3-5-7-19)16-23(29)27-14-12-22-21(13-15-31-22)24(27)18-8-10-20(26)11-9-18/h8-11,13,15,17,19,24H,3-7,12,14,16H2,1-2H3. The minimum absolute atomic E-state index is 0.00820. The molecule has 1 aliphatic carbocycles. The van der Waals surface area contributed by atoms with Crippen molar-refractivity contribution in [2.45, 2.75) is 64.5 Å². The Hall–Kier alpha value is -1.85. The van der Waals surface area contributed by atoms with E-state index in [0.717, 1.165) is 37.7 Å². The largest absolute Gasteiger partial charge is 0.331 e.